The van der Waals surface area contributed by atoms with E-state index >= 15 is 8.78 Å². The highest BCUT2D eigenvalue weighted by Crippen LogP contribution is 2.46. The zero-order valence-corrected chi connectivity index (χ0v) is 19.6. The van der Waals surface area contributed by atoms with Crippen molar-refractivity contribution in [2.75, 3.05) is 0 Å². The predicted octanol–water partition coefficient (Wildman–Crippen LogP) is 7.43. The topological polar surface area (TPSA) is 0 Å². The minimum Gasteiger partial charge on any atom is -0.239 e. The fourth-order valence-corrected chi connectivity index (χ4v) is 6.78. The minimum absolute atomic E-state index is 0.431. The largest absolute Gasteiger partial charge is 0.239 e. The first-order chi connectivity index (χ1) is 15.6. The van der Waals surface area contributed by atoms with Gasteiger partial charge in [0.15, 0.2) is 6.17 Å². The number of halogens is 2. The second-order valence-corrected chi connectivity index (χ2v) is 10.7. The molecule has 2 fully saturated rings. The van der Waals surface area contributed by atoms with Crippen LogP contribution >= 0.6 is 0 Å². The molecule has 1 aromatic rings. The first-order valence-electron chi connectivity index (χ1n) is 12.9. The van der Waals surface area contributed by atoms with Crippen LogP contribution in [-0.4, -0.2) is 6.17 Å². The Labute approximate surface area is 193 Å². The Kier molecular flexibility index (Phi) is 7.69. The van der Waals surface area contributed by atoms with Crippen molar-refractivity contribution in [2.24, 2.45) is 29.1 Å². The van der Waals surface area contributed by atoms with Gasteiger partial charge < -0.3 is 0 Å². The van der Waals surface area contributed by atoms with E-state index in [4.69, 9.17) is 0 Å². The molecular formula is C30H40F2. The molecule has 2 heteroatoms. The summed E-state index contributed by atoms with van der Waals surface area (Å²) < 4.78 is 30.6. The molecule has 2 atom stereocenters. The summed E-state index contributed by atoms with van der Waals surface area (Å²) in [6, 6.07) is 7.34. The summed E-state index contributed by atoms with van der Waals surface area (Å²) in [4.78, 5) is 0. The molecule has 3 aliphatic rings. The third-order valence-corrected chi connectivity index (χ3v) is 8.93. The summed E-state index contributed by atoms with van der Waals surface area (Å²) >= 11 is 0. The minimum atomic E-state index is -1.55. The van der Waals surface area contributed by atoms with Crippen LogP contribution in [-0.2, 0) is 0 Å². The Morgan fingerprint density at radius 2 is 1.56 bits per heavy atom. The number of rotatable bonds is 8. The van der Waals surface area contributed by atoms with Crippen LogP contribution in [0.3, 0.4) is 0 Å². The van der Waals surface area contributed by atoms with Crippen molar-refractivity contribution in [3.63, 3.8) is 0 Å². The number of fused-ring (bicyclic) bond motifs is 1. The lowest BCUT2D eigenvalue weighted by molar-refractivity contribution is 0.132. The first kappa shape index (κ1) is 23.5. The van der Waals surface area contributed by atoms with Crippen molar-refractivity contribution < 1.29 is 8.78 Å². The Bertz CT molecular complexity index is 899. The number of hydrogen-bond acceptors (Lipinski definition) is 0. The maximum Gasteiger partial charge on any atom is 0.161 e. The zero-order valence-electron chi connectivity index (χ0n) is 19.6. The van der Waals surface area contributed by atoms with Gasteiger partial charge >= 0.3 is 0 Å². The van der Waals surface area contributed by atoms with E-state index in [1.54, 1.807) is 12.1 Å². The third kappa shape index (κ3) is 4.95. The molecule has 0 heterocycles. The Morgan fingerprint density at radius 3 is 2.22 bits per heavy atom. The Morgan fingerprint density at radius 1 is 0.906 bits per heavy atom. The Balaban J connectivity index is 1.39. The van der Waals surface area contributed by atoms with Gasteiger partial charge in [0, 0.05) is 10.6 Å². The second-order valence-electron chi connectivity index (χ2n) is 10.7. The summed E-state index contributed by atoms with van der Waals surface area (Å²) in [5, 5.41) is 1.28. The van der Waals surface area contributed by atoms with E-state index in [1.165, 1.54) is 51.4 Å². The molecule has 0 aliphatic heterocycles. The van der Waals surface area contributed by atoms with Crippen LogP contribution in [0.5, 0.6) is 0 Å². The molecule has 0 spiro atoms. The summed E-state index contributed by atoms with van der Waals surface area (Å²) in [5.74, 6) is 2.58. The Hall–Kier alpha value is -1.70. The summed E-state index contributed by atoms with van der Waals surface area (Å²) in [5.41, 5.74) is -0.744. The van der Waals surface area contributed by atoms with E-state index in [-0.39, 0.29) is 0 Å². The quantitative estimate of drug-likeness (QED) is 0.370. The maximum atomic E-state index is 15.5. The van der Waals surface area contributed by atoms with Gasteiger partial charge in [0.25, 0.3) is 0 Å². The third-order valence-electron chi connectivity index (χ3n) is 8.93. The lowest BCUT2D eigenvalue weighted by Gasteiger charge is -2.39. The van der Waals surface area contributed by atoms with Crippen molar-refractivity contribution in [1.29, 1.82) is 0 Å². The van der Waals surface area contributed by atoms with Crippen LogP contribution in [0.15, 0.2) is 49.6 Å². The van der Waals surface area contributed by atoms with Crippen LogP contribution in [0.2, 0.25) is 0 Å². The lowest BCUT2D eigenvalue weighted by Crippen LogP contribution is -2.43. The first-order valence-corrected chi connectivity index (χ1v) is 12.9. The second kappa shape index (κ2) is 10.5. The monoisotopic (exact) mass is 438 g/mol. The maximum absolute atomic E-state index is 15.5. The van der Waals surface area contributed by atoms with Crippen LogP contribution < -0.4 is 10.4 Å². The molecule has 0 bridgehead atoms. The van der Waals surface area contributed by atoms with Gasteiger partial charge in [-0.25, -0.2) is 8.78 Å². The highest BCUT2D eigenvalue weighted by Gasteiger charge is 2.42. The molecule has 1 aromatic carbocycles. The SMILES string of the molecule is C=CCCC1(CCC2CCC(C3CCC(C=C)CC3)CC2)C=c2ccccc2=C(F)C1F. The molecule has 0 nitrogen and oxygen atoms in total. The fraction of sp³-hybridized carbons (Fsp3) is 0.600. The van der Waals surface area contributed by atoms with E-state index < -0.39 is 17.4 Å². The van der Waals surface area contributed by atoms with Crippen molar-refractivity contribution in [1.82, 2.24) is 0 Å². The summed E-state index contributed by atoms with van der Waals surface area (Å²) in [7, 11) is 0. The molecular weight excluding hydrogens is 398 g/mol. The lowest BCUT2D eigenvalue weighted by atomic mass is 9.66. The normalized spacial score (nSPS) is 34.9. The number of benzene rings is 1. The molecule has 32 heavy (non-hydrogen) atoms. The molecule has 2 unspecified atom stereocenters. The smallest absolute Gasteiger partial charge is 0.161 e. The average Bonchev–Trinajstić information content (AvgIpc) is 2.85. The van der Waals surface area contributed by atoms with E-state index in [0.29, 0.717) is 24.0 Å². The van der Waals surface area contributed by atoms with Gasteiger partial charge in [-0.15, -0.1) is 13.2 Å². The molecule has 0 aromatic heterocycles. The zero-order chi connectivity index (χ0) is 22.6. The fourth-order valence-electron chi connectivity index (χ4n) is 6.78. The van der Waals surface area contributed by atoms with Gasteiger partial charge in [0.2, 0.25) is 0 Å². The molecule has 3 aliphatic carbocycles. The van der Waals surface area contributed by atoms with Gasteiger partial charge in [0.1, 0.15) is 5.83 Å². The van der Waals surface area contributed by atoms with Crippen LogP contribution in [0.1, 0.15) is 77.0 Å². The van der Waals surface area contributed by atoms with Crippen molar-refractivity contribution in [3.8, 4) is 0 Å². The average molecular weight is 439 g/mol. The number of allylic oxidation sites excluding steroid dienone is 2. The van der Waals surface area contributed by atoms with E-state index in [1.807, 2.05) is 24.3 Å². The van der Waals surface area contributed by atoms with Gasteiger partial charge in [0.05, 0.1) is 0 Å². The van der Waals surface area contributed by atoms with Crippen LogP contribution in [0.4, 0.5) is 8.78 Å². The number of alkyl halides is 1. The summed E-state index contributed by atoms with van der Waals surface area (Å²) in [6.07, 6.45) is 18.1. The molecule has 2 saturated carbocycles. The highest BCUT2D eigenvalue weighted by atomic mass is 19.2. The van der Waals surface area contributed by atoms with Crippen LogP contribution in [0.25, 0.3) is 11.9 Å². The van der Waals surface area contributed by atoms with Gasteiger partial charge in [-0.3, -0.25) is 0 Å². The van der Waals surface area contributed by atoms with Crippen LogP contribution in [0, 0.1) is 29.1 Å². The molecule has 0 radical (unpaired) electrons. The van der Waals surface area contributed by atoms with Gasteiger partial charge in [-0.05, 0) is 93.1 Å². The molecule has 0 N–H and O–H groups in total. The van der Waals surface area contributed by atoms with E-state index in [0.717, 1.165) is 35.8 Å². The molecule has 0 saturated heterocycles. The van der Waals surface area contributed by atoms with Crippen molar-refractivity contribution in [2.45, 2.75) is 83.2 Å². The van der Waals surface area contributed by atoms with Crippen molar-refractivity contribution >= 4 is 11.9 Å². The van der Waals surface area contributed by atoms with E-state index in [2.05, 4.69) is 19.2 Å². The van der Waals surface area contributed by atoms with Gasteiger partial charge in [-0.1, -0.05) is 55.3 Å². The molecule has 0 amide bonds. The van der Waals surface area contributed by atoms with E-state index in [9.17, 15) is 0 Å². The highest BCUT2D eigenvalue weighted by molar-refractivity contribution is 5.54. The van der Waals surface area contributed by atoms with Crippen molar-refractivity contribution in [3.05, 3.63) is 60.0 Å². The van der Waals surface area contributed by atoms with Gasteiger partial charge in [-0.2, -0.15) is 0 Å². The predicted molar refractivity (Wildman–Crippen MR) is 132 cm³/mol. The summed E-state index contributed by atoms with van der Waals surface area (Å²) in [6.45, 7) is 7.81. The standard InChI is InChI=1S/C30H40F2/c1-3-5-19-30(21-26-8-6-7-9-27(26)28(31)29(30)32)20-18-23-12-16-25(17-13-23)24-14-10-22(4-2)11-15-24/h3-4,6-9,21-25,29H,1-2,5,10-20H2. The number of hydrogen-bond donors (Lipinski definition) is 0. The molecule has 4 rings (SSSR count). The molecule has 174 valence electrons.